The standard InChI is InChI=1S/C12H16ClNO5/c1-17-3-2-4-18-5-6-19-11-8-9(12(15)16)7-10(13)14-11/h7-8H,2-6H2,1H3,(H,15,16). The highest BCUT2D eigenvalue weighted by atomic mass is 35.5. The third-order valence-corrected chi connectivity index (χ3v) is 2.33. The van der Waals surface area contributed by atoms with Crippen LogP contribution < -0.4 is 4.74 Å². The van der Waals surface area contributed by atoms with Gasteiger partial charge >= 0.3 is 5.97 Å². The molecule has 7 heteroatoms. The molecule has 0 aliphatic rings. The first-order valence-corrected chi connectivity index (χ1v) is 6.11. The lowest BCUT2D eigenvalue weighted by Gasteiger charge is -2.07. The molecule has 0 saturated heterocycles. The first-order chi connectivity index (χ1) is 9.13. The van der Waals surface area contributed by atoms with Gasteiger partial charge in [-0.3, -0.25) is 0 Å². The monoisotopic (exact) mass is 289 g/mol. The molecule has 106 valence electrons. The molecule has 1 heterocycles. The molecule has 0 amide bonds. The van der Waals surface area contributed by atoms with E-state index in [0.717, 1.165) is 6.42 Å². The summed E-state index contributed by atoms with van der Waals surface area (Å²) in [5, 5.41) is 8.93. The van der Waals surface area contributed by atoms with Crippen molar-refractivity contribution in [1.29, 1.82) is 0 Å². The number of pyridine rings is 1. The number of hydrogen-bond donors (Lipinski definition) is 1. The number of aromatic nitrogens is 1. The van der Waals surface area contributed by atoms with Gasteiger partial charge in [-0.05, 0) is 12.5 Å². The second kappa shape index (κ2) is 8.68. The van der Waals surface area contributed by atoms with E-state index in [0.29, 0.717) is 19.8 Å². The number of halogens is 1. The Labute approximate surface area is 116 Å². The fourth-order valence-electron chi connectivity index (χ4n) is 1.28. The third-order valence-electron chi connectivity index (χ3n) is 2.13. The van der Waals surface area contributed by atoms with E-state index < -0.39 is 5.97 Å². The largest absolute Gasteiger partial charge is 0.478 e. The van der Waals surface area contributed by atoms with Crippen LogP contribution in [0, 0.1) is 0 Å². The van der Waals surface area contributed by atoms with Gasteiger partial charge in [0.05, 0.1) is 12.2 Å². The number of aromatic carboxylic acids is 1. The Kier molecular flexibility index (Phi) is 7.17. The number of ether oxygens (including phenoxy) is 3. The van der Waals surface area contributed by atoms with Gasteiger partial charge in [0.1, 0.15) is 11.8 Å². The fourth-order valence-corrected chi connectivity index (χ4v) is 1.48. The van der Waals surface area contributed by atoms with Crippen molar-refractivity contribution in [3.8, 4) is 5.88 Å². The molecule has 0 aromatic carbocycles. The minimum Gasteiger partial charge on any atom is -0.478 e. The molecule has 0 spiro atoms. The zero-order chi connectivity index (χ0) is 14.1. The zero-order valence-electron chi connectivity index (χ0n) is 10.6. The highest BCUT2D eigenvalue weighted by Gasteiger charge is 2.08. The van der Waals surface area contributed by atoms with E-state index in [2.05, 4.69) is 4.98 Å². The number of nitrogens with zero attached hydrogens (tertiary/aromatic N) is 1. The maximum atomic E-state index is 10.8. The Hall–Kier alpha value is -1.37. The summed E-state index contributed by atoms with van der Waals surface area (Å²) in [6.45, 7) is 1.90. The smallest absolute Gasteiger partial charge is 0.335 e. The Morgan fingerprint density at radius 3 is 2.79 bits per heavy atom. The third kappa shape index (κ3) is 6.37. The minimum absolute atomic E-state index is 0.0380. The van der Waals surface area contributed by atoms with Crippen molar-refractivity contribution in [2.24, 2.45) is 0 Å². The first-order valence-electron chi connectivity index (χ1n) is 5.74. The second-order valence-electron chi connectivity index (χ2n) is 3.63. The van der Waals surface area contributed by atoms with Crippen molar-refractivity contribution in [2.45, 2.75) is 6.42 Å². The predicted octanol–water partition coefficient (Wildman–Crippen LogP) is 1.87. The summed E-state index contributed by atoms with van der Waals surface area (Å²) in [6, 6.07) is 2.58. The highest BCUT2D eigenvalue weighted by Crippen LogP contribution is 2.16. The second-order valence-corrected chi connectivity index (χ2v) is 4.02. The van der Waals surface area contributed by atoms with Gasteiger partial charge in [-0.15, -0.1) is 0 Å². The van der Waals surface area contributed by atoms with Crippen molar-refractivity contribution < 1.29 is 24.1 Å². The molecule has 19 heavy (non-hydrogen) atoms. The molecule has 0 aliphatic carbocycles. The van der Waals surface area contributed by atoms with Crippen LogP contribution in [-0.4, -0.2) is 49.6 Å². The molecule has 1 N–H and O–H groups in total. The van der Waals surface area contributed by atoms with E-state index in [-0.39, 0.29) is 23.2 Å². The maximum absolute atomic E-state index is 10.8. The Morgan fingerprint density at radius 1 is 1.32 bits per heavy atom. The van der Waals surface area contributed by atoms with E-state index in [1.54, 1.807) is 7.11 Å². The molecule has 0 atom stereocenters. The van der Waals surface area contributed by atoms with Gasteiger partial charge < -0.3 is 19.3 Å². The van der Waals surface area contributed by atoms with Gasteiger partial charge in [0.15, 0.2) is 0 Å². The summed E-state index contributed by atoms with van der Waals surface area (Å²) in [4.78, 5) is 14.7. The summed E-state index contributed by atoms with van der Waals surface area (Å²) in [7, 11) is 1.63. The predicted molar refractivity (Wildman–Crippen MR) is 69.0 cm³/mol. The molecule has 1 aromatic rings. The van der Waals surface area contributed by atoms with Crippen LogP contribution in [0.25, 0.3) is 0 Å². The van der Waals surface area contributed by atoms with Crippen LogP contribution in [0.3, 0.4) is 0 Å². The number of hydrogen-bond acceptors (Lipinski definition) is 5. The van der Waals surface area contributed by atoms with E-state index in [9.17, 15) is 4.79 Å². The number of carboxylic acid groups (broad SMARTS) is 1. The molecular formula is C12H16ClNO5. The van der Waals surface area contributed by atoms with Crippen LogP contribution in [0.2, 0.25) is 5.15 Å². The van der Waals surface area contributed by atoms with Crippen molar-refractivity contribution in [2.75, 3.05) is 33.5 Å². The minimum atomic E-state index is -1.08. The van der Waals surface area contributed by atoms with Gasteiger partial charge in [0.2, 0.25) is 5.88 Å². The number of rotatable bonds is 9. The summed E-state index contributed by atoms with van der Waals surface area (Å²) < 4.78 is 15.4. The highest BCUT2D eigenvalue weighted by molar-refractivity contribution is 6.29. The first kappa shape index (κ1) is 15.7. The molecule has 6 nitrogen and oxygen atoms in total. The summed E-state index contributed by atoms with van der Waals surface area (Å²) >= 11 is 5.69. The Bertz CT molecular complexity index is 413. The lowest BCUT2D eigenvalue weighted by Crippen LogP contribution is -2.10. The van der Waals surface area contributed by atoms with E-state index in [1.165, 1.54) is 12.1 Å². The van der Waals surface area contributed by atoms with Crippen molar-refractivity contribution >= 4 is 17.6 Å². The van der Waals surface area contributed by atoms with Crippen LogP contribution in [-0.2, 0) is 9.47 Å². The zero-order valence-corrected chi connectivity index (χ0v) is 11.4. The SMILES string of the molecule is COCCCOCCOc1cc(C(=O)O)cc(Cl)n1. The van der Waals surface area contributed by atoms with Crippen molar-refractivity contribution in [3.63, 3.8) is 0 Å². The van der Waals surface area contributed by atoms with Gasteiger partial charge in [0.25, 0.3) is 0 Å². The van der Waals surface area contributed by atoms with Gasteiger partial charge in [-0.1, -0.05) is 11.6 Å². The van der Waals surface area contributed by atoms with Gasteiger partial charge in [-0.2, -0.15) is 0 Å². The molecule has 0 unspecified atom stereocenters. The van der Waals surface area contributed by atoms with E-state index >= 15 is 0 Å². The normalized spacial score (nSPS) is 10.4. The molecule has 1 aromatic heterocycles. The molecule has 0 bridgehead atoms. The van der Waals surface area contributed by atoms with Crippen LogP contribution in [0.4, 0.5) is 0 Å². The summed E-state index contributed by atoms with van der Waals surface area (Å²) in [5.41, 5.74) is 0.0380. The Morgan fingerprint density at radius 2 is 2.11 bits per heavy atom. The fraction of sp³-hybridized carbons (Fsp3) is 0.500. The topological polar surface area (TPSA) is 77.9 Å². The van der Waals surface area contributed by atoms with Crippen molar-refractivity contribution in [1.82, 2.24) is 4.98 Å². The summed E-state index contributed by atoms with van der Waals surface area (Å²) in [6.07, 6.45) is 0.815. The lowest BCUT2D eigenvalue weighted by molar-refractivity contribution is 0.0695. The number of methoxy groups -OCH3 is 1. The molecule has 0 aliphatic heterocycles. The van der Waals surface area contributed by atoms with Crippen LogP contribution in [0.5, 0.6) is 5.88 Å². The Balaban J connectivity index is 2.31. The molecule has 1 rings (SSSR count). The number of carboxylic acids is 1. The van der Waals surface area contributed by atoms with Crippen LogP contribution in [0.15, 0.2) is 12.1 Å². The van der Waals surface area contributed by atoms with Crippen LogP contribution in [0.1, 0.15) is 16.8 Å². The van der Waals surface area contributed by atoms with Gasteiger partial charge in [0, 0.05) is 26.4 Å². The average molecular weight is 290 g/mol. The van der Waals surface area contributed by atoms with Crippen molar-refractivity contribution in [3.05, 3.63) is 22.8 Å². The maximum Gasteiger partial charge on any atom is 0.335 e. The average Bonchev–Trinajstić information content (AvgIpc) is 2.37. The van der Waals surface area contributed by atoms with Crippen LogP contribution >= 0.6 is 11.6 Å². The molecule has 0 saturated carbocycles. The number of carbonyl (C=O) groups is 1. The molecule has 0 fully saturated rings. The van der Waals surface area contributed by atoms with E-state index in [1.807, 2.05) is 0 Å². The quantitative estimate of drug-likeness (QED) is 0.552. The van der Waals surface area contributed by atoms with E-state index in [4.69, 9.17) is 30.9 Å². The summed E-state index contributed by atoms with van der Waals surface area (Å²) in [5.74, 6) is -0.907. The van der Waals surface area contributed by atoms with Gasteiger partial charge in [-0.25, -0.2) is 9.78 Å². The molecule has 0 radical (unpaired) electrons. The molecular weight excluding hydrogens is 274 g/mol. The lowest BCUT2D eigenvalue weighted by atomic mass is 10.3.